The maximum atomic E-state index is 11.3. The van der Waals surface area contributed by atoms with Crippen molar-refractivity contribution in [3.8, 4) is 0 Å². The Balaban J connectivity index is 2.26. The molecule has 17 heavy (non-hydrogen) atoms. The Labute approximate surface area is 103 Å². The summed E-state index contributed by atoms with van der Waals surface area (Å²) in [6.07, 6.45) is 2.22. The molecule has 0 spiro atoms. The van der Waals surface area contributed by atoms with Crippen LogP contribution in [0.15, 0.2) is 30.3 Å². The van der Waals surface area contributed by atoms with E-state index in [4.69, 9.17) is 9.47 Å². The first-order valence-electron chi connectivity index (χ1n) is 6.12. The fourth-order valence-corrected chi connectivity index (χ4v) is 1.48. The third-order valence-corrected chi connectivity index (χ3v) is 2.51. The molecule has 0 aliphatic carbocycles. The molecule has 0 aliphatic rings. The number of carbonyl (C=O) groups excluding carboxylic acids is 1. The van der Waals surface area contributed by atoms with E-state index in [1.165, 1.54) is 0 Å². The molecule has 1 atom stereocenters. The maximum absolute atomic E-state index is 11.3. The Morgan fingerprint density at radius 3 is 2.59 bits per heavy atom. The quantitative estimate of drug-likeness (QED) is 0.551. The van der Waals surface area contributed by atoms with Crippen LogP contribution in [0.25, 0.3) is 0 Å². The van der Waals surface area contributed by atoms with E-state index in [-0.39, 0.29) is 6.10 Å². The van der Waals surface area contributed by atoms with Gasteiger partial charge in [0.2, 0.25) is 0 Å². The van der Waals surface area contributed by atoms with E-state index >= 15 is 0 Å². The highest BCUT2D eigenvalue weighted by Crippen LogP contribution is 2.16. The van der Waals surface area contributed by atoms with Crippen molar-refractivity contribution in [3.63, 3.8) is 0 Å². The molecule has 0 saturated carbocycles. The molecule has 0 amide bonds. The van der Waals surface area contributed by atoms with Crippen LogP contribution in [0.4, 0.5) is 4.79 Å². The molecule has 0 heterocycles. The Kier molecular flexibility index (Phi) is 6.15. The Morgan fingerprint density at radius 2 is 1.94 bits per heavy atom. The van der Waals surface area contributed by atoms with Crippen LogP contribution in [-0.4, -0.2) is 12.8 Å². The lowest BCUT2D eigenvalue weighted by Gasteiger charge is -2.13. The molecule has 94 valence electrons. The largest absolute Gasteiger partial charge is 0.508 e. The molecule has 0 radical (unpaired) electrons. The van der Waals surface area contributed by atoms with Gasteiger partial charge in [-0.3, -0.25) is 0 Å². The summed E-state index contributed by atoms with van der Waals surface area (Å²) in [6.45, 7) is 4.38. The topological polar surface area (TPSA) is 35.5 Å². The Bertz CT molecular complexity index is 321. The summed E-state index contributed by atoms with van der Waals surface area (Å²) >= 11 is 0. The van der Waals surface area contributed by atoms with Gasteiger partial charge in [0.15, 0.2) is 0 Å². The molecule has 3 heteroatoms. The van der Waals surface area contributed by atoms with E-state index in [1.807, 2.05) is 37.3 Å². The summed E-state index contributed by atoms with van der Waals surface area (Å²) in [5.74, 6) is 0. The minimum absolute atomic E-state index is 0.269. The summed E-state index contributed by atoms with van der Waals surface area (Å²) in [6, 6.07) is 9.62. The van der Waals surface area contributed by atoms with Crippen molar-refractivity contribution in [2.24, 2.45) is 0 Å². The van der Waals surface area contributed by atoms with Crippen molar-refractivity contribution < 1.29 is 14.3 Å². The van der Waals surface area contributed by atoms with Crippen molar-refractivity contribution in [3.05, 3.63) is 35.9 Å². The number of unbranched alkanes of at least 4 members (excludes halogenated alkanes) is 2. The normalized spacial score (nSPS) is 11.9. The van der Waals surface area contributed by atoms with Gasteiger partial charge in [-0.25, -0.2) is 4.79 Å². The van der Waals surface area contributed by atoms with Crippen LogP contribution in [0.1, 0.15) is 44.8 Å². The van der Waals surface area contributed by atoms with Gasteiger partial charge < -0.3 is 9.47 Å². The summed E-state index contributed by atoms with van der Waals surface area (Å²) in [5, 5.41) is 0. The fraction of sp³-hybridized carbons (Fsp3) is 0.500. The van der Waals surface area contributed by atoms with Gasteiger partial charge in [-0.05, 0) is 18.9 Å². The van der Waals surface area contributed by atoms with Crippen molar-refractivity contribution in [1.82, 2.24) is 0 Å². The maximum Gasteiger partial charge on any atom is 0.508 e. The van der Waals surface area contributed by atoms with Crippen LogP contribution in [0, 0.1) is 0 Å². The minimum atomic E-state index is -0.586. The molecular weight excluding hydrogens is 216 g/mol. The minimum Gasteiger partial charge on any atom is -0.434 e. The van der Waals surface area contributed by atoms with Gasteiger partial charge in [0.1, 0.15) is 6.10 Å². The first-order valence-corrected chi connectivity index (χ1v) is 6.12. The van der Waals surface area contributed by atoms with Gasteiger partial charge in [-0.15, -0.1) is 0 Å². The third-order valence-electron chi connectivity index (χ3n) is 2.51. The predicted octanol–water partition coefficient (Wildman–Crippen LogP) is 4.09. The van der Waals surface area contributed by atoms with Crippen molar-refractivity contribution in [2.75, 3.05) is 6.61 Å². The van der Waals surface area contributed by atoms with Gasteiger partial charge >= 0.3 is 6.16 Å². The van der Waals surface area contributed by atoms with Crippen molar-refractivity contribution in [1.29, 1.82) is 0 Å². The van der Waals surface area contributed by atoms with Crippen LogP contribution in [0.2, 0.25) is 0 Å². The van der Waals surface area contributed by atoms with Gasteiger partial charge in [0.05, 0.1) is 6.61 Å². The second-order valence-electron chi connectivity index (χ2n) is 3.98. The van der Waals surface area contributed by atoms with E-state index in [0.29, 0.717) is 6.61 Å². The average molecular weight is 236 g/mol. The summed E-state index contributed by atoms with van der Waals surface area (Å²) in [5.41, 5.74) is 0.970. The van der Waals surface area contributed by atoms with E-state index < -0.39 is 6.16 Å². The van der Waals surface area contributed by atoms with E-state index in [0.717, 1.165) is 24.8 Å². The molecular formula is C14H20O3. The van der Waals surface area contributed by atoms with E-state index in [9.17, 15) is 4.79 Å². The lowest BCUT2D eigenvalue weighted by Crippen LogP contribution is -2.11. The molecule has 0 fully saturated rings. The molecule has 0 bridgehead atoms. The van der Waals surface area contributed by atoms with Crippen LogP contribution in [0.5, 0.6) is 0 Å². The second-order valence-corrected chi connectivity index (χ2v) is 3.98. The van der Waals surface area contributed by atoms with Gasteiger partial charge in [0, 0.05) is 0 Å². The smallest absolute Gasteiger partial charge is 0.434 e. The predicted molar refractivity (Wildman–Crippen MR) is 66.8 cm³/mol. The first kappa shape index (κ1) is 13.6. The molecule has 0 aliphatic heterocycles. The fourth-order valence-electron chi connectivity index (χ4n) is 1.48. The van der Waals surface area contributed by atoms with Crippen LogP contribution in [-0.2, 0) is 9.47 Å². The standard InChI is InChI=1S/C14H20O3/c1-3-4-8-11-16-14(15)17-12(2)13-9-6-5-7-10-13/h5-7,9-10,12H,3-4,8,11H2,1-2H3. The zero-order valence-corrected chi connectivity index (χ0v) is 10.5. The van der Waals surface area contributed by atoms with Crippen LogP contribution >= 0.6 is 0 Å². The van der Waals surface area contributed by atoms with Crippen LogP contribution < -0.4 is 0 Å². The summed E-state index contributed by atoms with van der Waals surface area (Å²) < 4.78 is 10.1. The molecule has 1 aromatic rings. The van der Waals surface area contributed by atoms with Crippen LogP contribution in [0.3, 0.4) is 0 Å². The molecule has 0 saturated heterocycles. The molecule has 1 unspecified atom stereocenters. The molecule has 0 aromatic heterocycles. The Hall–Kier alpha value is -1.51. The average Bonchev–Trinajstić information content (AvgIpc) is 2.36. The second kappa shape index (κ2) is 7.71. The number of benzene rings is 1. The molecule has 1 rings (SSSR count). The zero-order valence-electron chi connectivity index (χ0n) is 10.5. The number of hydrogen-bond donors (Lipinski definition) is 0. The lowest BCUT2D eigenvalue weighted by atomic mass is 10.1. The summed E-state index contributed by atoms with van der Waals surface area (Å²) in [7, 11) is 0. The first-order chi connectivity index (χ1) is 8.24. The van der Waals surface area contributed by atoms with Gasteiger partial charge in [0.25, 0.3) is 0 Å². The van der Waals surface area contributed by atoms with Gasteiger partial charge in [-0.1, -0.05) is 50.1 Å². The molecule has 0 N–H and O–H groups in total. The molecule has 3 nitrogen and oxygen atoms in total. The summed E-state index contributed by atoms with van der Waals surface area (Å²) in [4.78, 5) is 11.3. The highest BCUT2D eigenvalue weighted by Gasteiger charge is 2.11. The SMILES string of the molecule is CCCCCOC(=O)OC(C)c1ccccc1. The van der Waals surface area contributed by atoms with E-state index in [1.54, 1.807) is 0 Å². The van der Waals surface area contributed by atoms with Crippen molar-refractivity contribution in [2.45, 2.75) is 39.2 Å². The highest BCUT2D eigenvalue weighted by atomic mass is 16.7. The Morgan fingerprint density at radius 1 is 1.24 bits per heavy atom. The highest BCUT2D eigenvalue weighted by molar-refractivity contribution is 5.60. The number of hydrogen-bond acceptors (Lipinski definition) is 3. The number of ether oxygens (including phenoxy) is 2. The monoisotopic (exact) mass is 236 g/mol. The molecule has 1 aromatic carbocycles. The lowest BCUT2D eigenvalue weighted by molar-refractivity contribution is 0.0277. The number of rotatable bonds is 6. The van der Waals surface area contributed by atoms with Crippen molar-refractivity contribution >= 4 is 6.16 Å². The van der Waals surface area contributed by atoms with Gasteiger partial charge in [-0.2, -0.15) is 0 Å². The van der Waals surface area contributed by atoms with E-state index in [2.05, 4.69) is 6.92 Å². The third kappa shape index (κ3) is 5.38. The zero-order chi connectivity index (χ0) is 12.5. The number of carbonyl (C=O) groups is 1.